The molecule has 4 atom stereocenters. The minimum absolute atomic E-state index is 0.0161. The van der Waals surface area contributed by atoms with Crippen molar-refractivity contribution in [3.63, 3.8) is 0 Å². The Hall–Kier alpha value is -3.39. The lowest BCUT2D eigenvalue weighted by Gasteiger charge is -2.18. The molecule has 1 heterocycles. The number of carboxylic acids is 1. The molecule has 8 heteroatoms. The van der Waals surface area contributed by atoms with Gasteiger partial charge in [-0.1, -0.05) is 48.5 Å². The van der Waals surface area contributed by atoms with Crippen LogP contribution in [0, 0.1) is 5.92 Å². The van der Waals surface area contributed by atoms with Gasteiger partial charge in [-0.25, -0.2) is 9.59 Å². The Balaban J connectivity index is 1.09. The molecule has 5 rings (SSSR count). The number of fused-ring (bicyclic) bond motifs is 3. The molecule has 8 nitrogen and oxygen atoms in total. The molecule has 2 unspecified atom stereocenters. The van der Waals surface area contributed by atoms with Crippen LogP contribution in [0.2, 0.25) is 0 Å². The number of ether oxygens (including phenoxy) is 2. The molecule has 1 saturated heterocycles. The second-order valence-electron chi connectivity index (χ2n) is 9.64. The predicted molar refractivity (Wildman–Crippen MR) is 128 cm³/mol. The average molecular weight is 479 g/mol. The first-order chi connectivity index (χ1) is 17.0. The number of rotatable bonds is 7. The molecule has 0 spiro atoms. The van der Waals surface area contributed by atoms with Gasteiger partial charge >= 0.3 is 12.1 Å². The van der Waals surface area contributed by atoms with E-state index in [0.717, 1.165) is 12.8 Å². The molecule has 0 radical (unpaired) electrons. The molecular formula is C27H30N2O6. The van der Waals surface area contributed by atoms with E-state index in [-0.39, 0.29) is 30.4 Å². The Morgan fingerprint density at radius 3 is 2.31 bits per heavy atom. The zero-order valence-electron chi connectivity index (χ0n) is 19.4. The van der Waals surface area contributed by atoms with Gasteiger partial charge in [-0.05, 0) is 53.9 Å². The first-order valence-electron chi connectivity index (χ1n) is 12.2. The SMILES string of the molecule is O=C(C[C@H]1CC[C@@H](NC(=O)OCC2c3ccccc3-c3ccccc32)C1)NC1CCOC1C(=O)O. The van der Waals surface area contributed by atoms with E-state index in [1.165, 1.54) is 22.3 Å². The molecule has 2 fully saturated rings. The predicted octanol–water partition coefficient (Wildman–Crippen LogP) is 3.44. The third-order valence-corrected chi connectivity index (χ3v) is 7.36. The van der Waals surface area contributed by atoms with Crippen LogP contribution in [0.4, 0.5) is 4.79 Å². The third-order valence-electron chi connectivity index (χ3n) is 7.36. The Morgan fingerprint density at radius 2 is 1.63 bits per heavy atom. The molecule has 1 aliphatic heterocycles. The topological polar surface area (TPSA) is 114 Å². The number of aliphatic carboxylic acids is 1. The van der Waals surface area contributed by atoms with Crippen LogP contribution < -0.4 is 10.6 Å². The summed E-state index contributed by atoms with van der Waals surface area (Å²) in [6.07, 6.45) is 1.70. The van der Waals surface area contributed by atoms with Crippen molar-refractivity contribution in [2.75, 3.05) is 13.2 Å². The fourth-order valence-corrected chi connectivity index (χ4v) is 5.71. The number of hydrogen-bond donors (Lipinski definition) is 3. The lowest BCUT2D eigenvalue weighted by Crippen LogP contribution is -2.44. The van der Waals surface area contributed by atoms with Gasteiger partial charge in [0.15, 0.2) is 6.10 Å². The second-order valence-corrected chi connectivity index (χ2v) is 9.64. The zero-order chi connectivity index (χ0) is 24.4. The molecule has 184 valence electrons. The molecule has 2 amide bonds. The van der Waals surface area contributed by atoms with Crippen molar-refractivity contribution in [1.29, 1.82) is 0 Å². The Kier molecular flexibility index (Phi) is 6.72. The van der Waals surface area contributed by atoms with Gasteiger partial charge in [0.25, 0.3) is 0 Å². The van der Waals surface area contributed by atoms with Gasteiger partial charge in [0.1, 0.15) is 6.61 Å². The number of alkyl carbamates (subject to hydrolysis) is 1. The molecule has 3 aliphatic rings. The first kappa shape index (κ1) is 23.4. The van der Waals surface area contributed by atoms with Gasteiger partial charge in [0, 0.05) is 25.0 Å². The Morgan fingerprint density at radius 1 is 0.943 bits per heavy atom. The van der Waals surface area contributed by atoms with Crippen LogP contribution in [0.5, 0.6) is 0 Å². The Labute approximate surface area is 204 Å². The van der Waals surface area contributed by atoms with Gasteiger partial charge in [-0.3, -0.25) is 4.79 Å². The van der Waals surface area contributed by atoms with Crippen molar-refractivity contribution in [3.05, 3.63) is 59.7 Å². The van der Waals surface area contributed by atoms with E-state index >= 15 is 0 Å². The lowest BCUT2D eigenvalue weighted by atomic mass is 9.98. The summed E-state index contributed by atoms with van der Waals surface area (Å²) in [7, 11) is 0. The lowest BCUT2D eigenvalue weighted by molar-refractivity contribution is -0.148. The van der Waals surface area contributed by atoms with Crippen molar-refractivity contribution < 1.29 is 29.0 Å². The molecule has 0 bridgehead atoms. The van der Waals surface area contributed by atoms with E-state index in [9.17, 15) is 19.5 Å². The van der Waals surface area contributed by atoms with Crippen molar-refractivity contribution >= 4 is 18.0 Å². The molecule has 2 aromatic rings. The maximum absolute atomic E-state index is 12.6. The minimum atomic E-state index is -1.05. The smallest absolute Gasteiger partial charge is 0.407 e. The molecule has 1 saturated carbocycles. The fourth-order valence-electron chi connectivity index (χ4n) is 5.71. The van der Waals surface area contributed by atoms with E-state index in [1.807, 2.05) is 24.3 Å². The van der Waals surface area contributed by atoms with Crippen molar-refractivity contribution in [3.8, 4) is 11.1 Å². The summed E-state index contributed by atoms with van der Waals surface area (Å²) in [6, 6.07) is 15.9. The average Bonchev–Trinajstić information content (AvgIpc) is 3.56. The van der Waals surface area contributed by atoms with Gasteiger partial charge in [-0.15, -0.1) is 0 Å². The van der Waals surface area contributed by atoms with E-state index in [4.69, 9.17) is 9.47 Å². The van der Waals surface area contributed by atoms with Crippen molar-refractivity contribution in [2.24, 2.45) is 5.92 Å². The summed E-state index contributed by atoms with van der Waals surface area (Å²) in [4.78, 5) is 36.2. The van der Waals surface area contributed by atoms with Crippen molar-refractivity contribution in [2.45, 2.75) is 56.2 Å². The molecule has 0 aromatic heterocycles. The van der Waals surface area contributed by atoms with Crippen LogP contribution in [0.15, 0.2) is 48.5 Å². The van der Waals surface area contributed by atoms with E-state index in [0.29, 0.717) is 25.9 Å². The van der Waals surface area contributed by atoms with Crippen LogP contribution in [0.1, 0.15) is 49.1 Å². The van der Waals surface area contributed by atoms with Crippen LogP contribution in [0.25, 0.3) is 11.1 Å². The summed E-state index contributed by atoms with van der Waals surface area (Å²) in [5.74, 6) is -1.07. The van der Waals surface area contributed by atoms with Gasteiger partial charge < -0.3 is 25.2 Å². The number of nitrogens with one attached hydrogen (secondary N) is 2. The summed E-state index contributed by atoms with van der Waals surface area (Å²) in [5.41, 5.74) is 4.72. The normalized spacial score (nSPS) is 25.0. The number of carbonyl (C=O) groups excluding carboxylic acids is 2. The van der Waals surface area contributed by atoms with Gasteiger partial charge in [0.2, 0.25) is 5.91 Å². The zero-order valence-corrected chi connectivity index (χ0v) is 19.4. The number of benzene rings is 2. The standard InChI is InChI=1S/C27H30N2O6/c30-24(29-23-11-12-34-25(23)26(31)32)14-16-9-10-17(13-16)28-27(33)35-15-22-20-7-3-1-5-18(20)19-6-2-4-8-21(19)22/h1-8,16-17,22-23,25H,9-15H2,(H,28,33)(H,29,30)(H,31,32)/t16-,17+,23?,25?/m0/s1. The van der Waals surface area contributed by atoms with Crippen LogP contribution in [-0.4, -0.2) is 54.5 Å². The number of hydrogen-bond acceptors (Lipinski definition) is 5. The van der Waals surface area contributed by atoms with E-state index in [2.05, 4.69) is 34.9 Å². The Bertz CT molecular complexity index is 1070. The molecule has 2 aromatic carbocycles. The quantitative estimate of drug-likeness (QED) is 0.562. The first-order valence-corrected chi connectivity index (χ1v) is 12.2. The number of carbonyl (C=O) groups is 3. The highest BCUT2D eigenvalue weighted by molar-refractivity contribution is 5.80. The summed E-state index contributed by atoms with van der Waals surface area (Å²) in [5, 5.41) is 14.9. The molecular weight excluding hydrogens is 448 g/mol. The maximum atomic E-state index is 12.6. The van der Waals surface area contributed by atoms with E-state index < -0.39 is 24.2 Å². The summed E-state index contributed by atoms with van der Waals surface area (Å²) in [6.45, 7) is 0.601. The highest BCUT2D eigenvalue weighted by atomic mass is 16.5. The number of carboxylic acid groups (broad SMARTS) is 1. The third kappa shape index (κ3) is 5.03. The van der Waals surface area contributed by atoms with Crippen molar-refractivity contribution in [1.82, 2.24) is 10.6 Å². The molecule has 35 heavy (non-hydrogen) atoms. The second kappa shape index (κ2) is 10.1. The largest absolute Gasteiger partial charge is 0.479 e. The highest BCUT2D eigenvalue weighted by Crippen LogP contribution is 2.44. The maximum Gasteiger partial charge on any atom is 0.407 e. The fraction of sp³-hybridized carbons (Fsp3) is 0.444. The van der Waals surface area contributed by atoms with Crippen LogP contribution in [0.3, 0.4) is 0 Å². The molecule has 3 N–H and O–H groups in total. The highest BCUT2D eigenvalue weighted by Gasteiger charge is 2.36. The minimum Gasteiger partial charge on any atom is -0.479 e. The monoisotopic (exact) mass is 478 g/mol. The summed E-state index contributed by atoms with van der Waals surface area (Å²) < 4.78 is 10.8. The number of amides is 2. The van der Waals surface area contributed by atoms with Crippen LogP contribution >= 0.6 is 0 Å². The van der Waals surface area contributed by atoms with Crippen LogP contribution in [-0.2, 0) is 19.1 Å². The summed E-state index contributed by atoms with van der Waals surface area (Å²) >= 11 is 0. The van der Waals surface area contributed by atoms with Gasteiger partial charge in [-0.2, -0.15) is 0 Å². The van der Waals surface area contributed by atoms with E-state index in [1.54, 1.807) is 0 Å². The van der Waals surface area contributed by atoms with Gasteiger partial charge in [0.05, 0.1) is 6.04 Å². The molecule has 2 aliphatic carbocycles.